The monoisotopic (exact) mass is 344 g/mol. The van der Waals surface area contributed by atoms with E-state index in [0.717, 1.165) is 56.5 Å². The lowest BCUT2D eigenvalue weighted by molar-refractivity contribution is 0.0398. The molecule has 0 radical (unpaired) electrons. The van der Waals surface area contributed by atoms with Crippen LogP contribution in [0, 0.1) is 0 Å². The highest BCUT2D eigenvalue weighted by molar-refractivity contribution is 5.63. The molecule has 3 N–H and O–H groups in total. The summed E-state index contributed by atoms with van der Waals surface area (Å²) in [6.07, 6.45) is 3.48. The number of aliphatic hydroxyl groups is 1. The molecule has 0 saturated carbocycles. The molecule has 25 heavy (non-hydrogen) atoms. The van der Waals surface area contributed by atoms with Crippen LogP contribution in [0.2, 0.25) is 0 Å². The van der Waals surface area contributed by atoms with E-state index < -0.39 is 0 Å². The van der Waals surface area contributed by atoms with Gasteiger partial charge in [0.05, 0.1) is 25.5 Å². The van der Waals surface area contributed by atoms with Crippen LogP contribution in [0.5, 0.6) is 0 Å². The second-order valence-corrected chi connectivity index (χ2v) is 5.73. The first-order chi connectivity index (χ1) is 12.3. The fraction of sp³-hybridized carbons (Fsp3) is 0.471. The first-order valence-electron chi connectivity index (χ1n) is 8.53. The van der Waals surface area contributed by atoms with Crippen LogP contribution in [-0.2, 0) is 4.74 Å². The predicted molar refractivity (Wildman–Crippen MR) is 96.6 cm³/mol. The summed E-state index contributed by atoms with van der Waals surface area (Å²) in [5, 5.41) is 15.4. The van der Waals surface area contributed by atoms with Crippen LogP contribution in [0.3, 0.4) is 0 Å². The maximum Gasteiger partial charge on any atom is 0.225 e. The van der Waals surface area contributed by atoms with E-state index in [0.29, 0.717) is 12.5 Å². The van der Waals surface area contributed by atoms with Crippen molar-refractivity contribution in [1.82, 2.24) is 19.9 Å². The standard InChI is InChI=1S/C17H24N6O2/c24-10-6-20-17-21-15(14-1-3-18-4-2-14)13-16(22-17)19-5-7-23-8-11-25-12-9-23/h1-4,13,24H,5-12H2,(H2,19,20,21,22). The molecule has 0 atom stereocenters. The summed E-state index contributed by atoms with van der Waals surface area (Å²) in [5.41, 5.74) is 1.78. The summed E-state index contributed by atoms with van der Waals surface area (Å²) in [7, 11) is 0. The number of nitrogens with one attached hydrogen (secondary N) is 2. The number of aliphatic hydroxyl groups excluding tert-OH is 1. The minimum absolute atomic E-state index is 0.0304. The van der Waals surface area contributed by atoms with Gasteiger partial charge in [-0.1, -0.05) is 0 Å². The Kier molecular flexibility index (Phi) is 6.49. The molecule has 3 rings (SSSR count). The van der Waals surface area contributed by atoms with Gasteiger partial charge in [-0.3, -0.25) is 9.88 Å². The number of hydrogen-bond donors (Lipinski definition) is 3. The van der Waals surface area contributed by atoms with Crippen molar-refractivity contribution >= 4 is 11.8 Å². The number of ether oxygens (including phenoxy) is 1. The lowest BCUT2D eigenvalue weighted by atomic mass is 10.2. The van der Waals surface area contributed by atoms with E-state index in [1.807, 2.05) is 18.2 Å². The van der Waals surface area contributed by atoms with Gasteiger partial charge in [0.2, 0.25) is 5.95 Å². The number of aromatic nitrogens is 3. The molecule has 1 aliphatic heterocycles. The van der Waals surface area contributed by atoms with Crippen LogP contribution in [-0.4, -0.2) is 77.5 Å². The lowest BCUT2D eigenvalue weighted by Crippen LogP contribution is -2.39. The van der Waals surface area contributed by atoms with E-state index in [4.69, 9.17) is 9.84 Å². The van der Waals surface area contributed by atoms with Gasteiger partial charge < -0.3 is 20.5 Å². The second-order valence-electron chi connectivity index (χ2n) is 5.73. The second kappa shape index (κ2) is 9.26. The summed E-state index contributed by atoms with van der Waals surface area (Å²) in [6, 6.07) is 5.75. The first-order valence-corrected chi connectivity index (χ1v) is 8.53. The lowest BCUT2D eigenvalue weighted by Gasteiger charge is -2.26. The third-order valence-corrected chi connectivity index (χ3v) is 3.94. The number of rotatable bonds is 8. The number of pyridine rings is 1. The van der Waals surface area contributed by atoms with Crippen molar-refractivity contribution in [3.63, 3.8) is 0 Å². The van der Waals surface area contributed by atoms with E-state index >= 15 is 0 Å². The molecule has 0 unspecified atom stereocenters. The molecule has 0 aromatic carbocycles. The fourth-order valence-corrected chi connectivity index (χ4v) is 2.62. The number of morpholine rings is 1. The average molecular weight is 344 g/mol. The van der Waals surface area contributed by atoms with Crippen molar-refractivity contribution in [2.75, 3.05) is 63.2 Å². The molecule has 1 fully saturated rings. The third-order valence-electron chi connectivity index (χ3n) is 3.94. The quantitative estimate of drug-likeness (QED) is 0.644. The van der Waals surface area contributed by atoms with Crippen molar-refractivity contribution < 1.29 is 9.84 Å². The molecule has 0 amide bonds. The number of hydrogen-bond acceptors (Lipinski definition) is 8. The van der Waals surface area contributed by atoms with Crippen LogP contribution in [0.15, 0.2) is 30.6 Å². The highest BCUT2D eigenvalue weighted by atomic mass is 16.5. The van der Waals surface area contributed by atoms with Gasteiger partial charge in [0.25, 0.3) is 0 Å². The molecule has 0 spiro atoms. The smallest absolute Gasteiger partial charge is 0.225 e. The molecule has 1 aliphatic rings. The summed E-state index contributed by atoms with van der Waals surface area (Å²) in [6.45, 7) is 5.72. The first kappa shape index (κ1) is 17.5. The molecule has 8 heteroatoms. The average Bonchev–Trinajstić information content (AvgIpc) is 2.68. The molecule has 0 aliphatic carbocycles. The summed E-state index contributed by atoms with van der Waals surface area (Å²) >= 11 is 0. The summed E-state index contributed by atoms with van der Waals surface area (Å²) in [4.78, 5) is 15.4. The maximum atomic E-state index is 9.01. The Morgan fingerprint density at radius 2 is 1.88 bits per heavy atom. The summed E-state index contributed by atoms with van der Waals surface area (Å²) in [5.74, 6) is 1.26. The zero-order valence-electron chi connectivity index (χ0n) is 14.2. The van der Waals surface area contributed by atoms with Crippen LogP contribution in [0.4, 0.5) is 11.8 Å². The van der Waals surface area contributed by atoms with E-state index in [1.165, 1.54) is 0 Å². The Bertz CT molecular complexity index is 649. The van der Waals surface area contributed by atoms with E-state index in [-0.39, 0.29) is 6.61 Å². The molecule has 134 valence electrons. The van der Waals surface area contributed by atoms with E-state index in [1.54, 1.807) is 12.4 Å². The van der Waals surface area contributed by atoms with Gasteiger partial charge in [0, 0.05) is 56.7 Å². The van der Waals surface area contributed by atoms with Crippen LogP contribution < -0.4 is 10.6 Å². The predicted octanol–water partition coefficient (Wildman–Crippen LogP) is 0.687. The minimum atomic E-state index is 0.0304. The van der Waals surface area contributed by atoms with Crippen molar-refractivity contribution in [3.05, 3.63) is 30.6 Å². The summed E-state index contributed by atoms with van der Waals surface area (Å²) < 4.78 is 5.37. The molecule has 1 saturated heterocycles. The molecular formula is C17H24N6O2. The number of nitrogens with zero attached hydrogens (tertiary/aromatic N) is 4. The van der Waals surface area contributed by atoms with E-state index in [9.17, 15) is 0 Å². The van der Waals surface area contributed by atoms with Gasteiger partial charge in [-0.15, -0.1) is 0 Å². The molecule has 2 aromatic heterocycles. The van der Waals surface area contributed by atoms with Gasteiger partial charge in [0.1, 0.15) is 5.82 Å². The highest BCUT2D eigenvalue weighted by Crippen LogP contribution is 2.20. The van der Waals surface area contributed by atoms with Gasteiger partial charge >= 0.3 is 0 Å². The molecule has 2 aromatic rings. The number of anilines is 2. The Balaban J connectivity index is 1.68. The van der Waals surface area contributed by atoms with Gasteiger partial charge in [-0.2, -0.15) is 4.98 Å². The van der Waals surface area contributed by atoms with Crippen molar-refractivity contribution in [2.24, 2.45) is 0 Å². The highest BCUT2D eigenvalue weighted by Gasteiger charge is 2.10. The fourth-order valence-electron chi connectivity index (χ4n) is 2.62. The van der Waals surface area contributed by atoms with Gasteiger partial charge in [0.15, 0.2) is 0 Å². The van der Waals surface area contributed by atoms with Crippen LogP contribution in [0.25, 0.3) is 11.3 Å². The Hall–Kier alpha value is -2.29. The Morgan fingerprint density at radius 3 is 2.64 bits per heavy atom. The van der Waals surface area contributed by atoms with Crippen LogP contribution in [0.1, 0.15) is 0 Å². The molecule has 3 heterocycles. The molecule has 0 bridgehead atoms. The zero-order valence-corrected chi connectivity index (χ0v) is 14.2. The minimum Gasteiger partial charge on any atom is -0.395 e. The van der Waals surface area contributed by atoms with Crippen molar-refractivity contribution in [3.8, 4) is 11.3 Å². The maximum absolute atomic E-state index is 9.01. The van der Waals surface area contributed by atoms with Crippen molar-refractivity contribution in [1.29, 1.82) is 0 Å². The molecular weight excluding hydrogens is 320 g/mol. The SMILES string of the molecule is OCCNc1nc(NCCN2CCOCC2)cc(-c2ccncc2)n1. The Morgan fingerprint density at radius 1 is 1.08 bits per heavy atom. The van der Waals surface area contributed by atoms with Gasteiger partial charge in [-0.05, 0) is 12.1 Å². The normalized spacial score (nSPS) is 15.1. The van der Waals surface area contributed by atoms with E-state index in [2.05, 4.69) is 30.5 Å². The van der Waals surface area contributed by atoms with Crippen molar-refractivity contribution in [2.45, 2.75) is 0 Å². The zero-order chi connectivity index (χ0) is 17.3. The topological polar surface area (TPSA) is 95.4 Å². The molecule has 8 nitrogen and oxygen atoms in total. The van der Waals surface area contributed by atoms with Crippen LogP contribution >= 0.6 is 0 Å². The third kappa shape index (κ3) is 5.35. The largest absolute Gasteiger partial charge is 0.395 e. The van der Waals surface area contributed by atoms with Gasteiger partial charge in [-0.25, -0.2) is 4.98 Å². The Labute approximate surface area is 147 Å².